The molecule has 26 heavy (non-hydrogen) atoms. The van der Waals surface area contributed by atoms with E-state index in [-0.39, 0.29) is 6.01 Å². The van der Waals surface area contributed by atoms with Gasteiger partial charge in [0, 0.05) is 35.6 Å². The summed E-state index contributed by atoms with van der Waals surface area (Å²) in [6, 6.07) is 8.94. The molecule has 1 aromatic carbocycles. The highest BCUT2D eigenvalue weighted by molar-refractivity contribution is 6.30. The van der Waals surface area contributed by atoms with Crippen LogP contribution in [0, 0.1) is 0 Å². The van der Waals surface area contributed by atoms with Crippen LogP contribution in [0.4, 0.5) is 8.78 Å². The first-order valence-electron chi connectivity index (χ1n) is 7.59. The van der Waals surface area contributed by atoms with Crippen LogP contribution in [-0.2, 0) is 6.42 Å². The SMILES string of the molecule is COc1ncc(Cc2cnc(OC(F)F)nc2)cc1-c1cccc(Cl)c1. The van der Waals surface area contributed by atoms with E-state index in [1.165, 1.54) is 12.4 Å². The molecule has 0 fully saturated rings. The molecule has 3 rings (SSSR count). The minimum atomic E-state index is -2.95. The molecule has 0 N–H and O–H groups in total. The Hall–Kier alpha value is -2.80. The van der Waals surface area contributed by atoms with Crippen LogP contribution in [0.3, 0.4) is 0 Å². The number of rotatable bonds is 6. The van der Waals surface area contributed by atoms with Gasteiger partial charge in [-0.3, -0.25) is 0 Å². The molecule has 3 aromatic rings. The molecule has 0 aliphatic rings. The second-order valence-electron chi connectivity index (χ2n) is 5.34. The quantitative estimate of drug-likeness (QED) is 0.637. The monoisotopic (exact) mass is 377 g/mol. The maximum Gasteiger partial charge on any atom is 0.389 e. The van der Waals surface area contributed by atoms with E-state index in [1.807, 2.05) is 24.3 Å². The van der Waals surface area contributed by atoms with Crippen molar-refractivity contribution in [2.24, 2.45) is 0 Å². The van der Waals surface area contributed by atoms with Gasteiger partial charge in [-0.1, -0.05) is 23.7 Å². The molecule has 0 unspecified atom stereocenters. The molecule has 0 aliphatic heterocycles. The Morgan fingerprint density at radius 1 is 1.04 bits per heavy atom. The number of nitrogens with zero attached hydrogens (tertiary/aromatic N) is 3. The molecule has 0 saturated heterocycles. The Morgan fingerprint density at radius 3 is 2.42 bits per heavy atom. The smallest absolute Gasteiger partial charge is 0.389 e. The van der Waals surface area contributed by atoms with Crippen LogP contribution >= 0.6 is 11.6 Å². The summed E-state index contributed by atoms with van der Waals surface area (Å²) in [5, 5.41) is 0.609. The van der Waals surface area contributed by atoms with E-state index in [4.69, 9.17) is 16.3 Å². The minimum absolute atomic E-state index is 0.365. The molecule has 0 saturated carbocycles. The van der Waals surface area contributed by atoms with Gasteiger partial charge in [0.1, 0.15) is 0 Å². The fourth-order valence-electron chi connectivity index (χ4n) is 2.43. The lowest BCUT2D eigenvalue weighted by atomic mass is 10.0. The number of methoxy groups -OCH3 is 1. The Bertz CT molecular complexity index is 892. The fraction of sp³-hybridized carbons (Fsp3) is 0.167. The van der Waals surface area contributed by atoms with E-state index in [2.05, 4.69) is 19.7 Å². The number of aromatic nitrogens is 3. The maximum absolute atomic E-state index is 12.1. The standard InChI is InChI=1S/C18H14ClF2N3O2/c1-25-16-15(13-3-2-4-14(19)7-13)6-11(8-22-16)5-12-9-23-18(24-10-12)26-17(20)21/h2-4,6-10,17H,5H2,1H3. The molecule has 0 bridgehead atoms. The molecule has 2 aromatic heterocycles. The summed E-state index contributed by atoms with van der Waals surface area (Å²) in [6.45, 7) is -2.95. The number of halogens is 3. The average molecular weight is 378 g/mol. The lowest BCUT2D eigenvalue weighted by Gasteiger charge is -2.10. The zero-order chi connectivity index (χ0) is 18.5. The molecule has 134 valence electrons. The van der Waals surface area contributed by atoms with Gasteiger partial charge < -0.3 is 9.47 Å². The third-order valence-corrected chi connectivity index (χ3v) is 3.76. The van der Waals surface area contributed by atoms with Crippen LogP contribution in [0.1, 0.15) is 11.1 Å². The molecule has 8 heteroatoms. The molecule has 5 nitrogen and oxygen atoms in total. The van der Waals surface area contributed by atoms with Gasteiger partial charge in [-0.05, 0) is 34.9 Å². The lowest BCUT2D eigenvalue weighted by Crippen LogP contribution is -2.05. The lowest BCUT2D eigenvalue weighted by molar-refractivity contribution is -0.0561. The van der Waals surface area contributed by atoms with Gasteiger partial charge in [-0.25, -0.2) is 15.0 Å². The van der Waals surface area contributed by atoms with Crippen molar-refractivity contribution in [3.8, 4) is 23.0 Å². The Balaban J connectivity index is 1.86. The highest BCUT2D eigenvalue weighted by Gasteiger charge is 2.11. The third kappa shape index (κ3) is 4.43. The third-order valence-electron chi connectivity index (χ3n) is 3.52. The first-order chi connectivity index (χ1) is 12.5. The Morgan fingerprint density at radius 2 is 1.77 bits per heavy atom. The number of hydrogen-bond acceptors (Lipinski definition) is 5. The van der Waals surface area contributed by atoms with Crippen molar-refractivity contribution in [3.63, 3.8) is 0 Å². The number of hydrogen-bond donors (Lipinski definition) is 0. The molecular formula is C18H14ClF2N3O2. The summed E-state index contributed by atoms with van der Waals surface area (Å²) in [5.74, 6) is 0.480. The van der Waals surface area contributed by atoms with E-state index < -0.39 is 6.61 Å². The molecular weight excluding hydrogens is 364 g/mol. The van der Waals surface area contributed by atoms with E-state index in [0.717, 1.165) is 22.3 Å². The minimum Gasteiger partial charge on any atom is -0.481 e. The van der Waals surface area contributed by atoms with Gasteiger partial charge in [-0.2, -0.15) is 8.78 Å². The van der Waals surface area contributed by atoms with Crippen LogP contribution in [0.5, 0.6) is 11.9 Å². The van der Waals surface area contributed by atoms with Crippen molar-refractivity contribution in [1.82, 2.24) is 15.0 Å². The zero-order valence-electron chi connectivity index (χ0n) is 13.7. The fourth-order valence-corrected chi connectivity index (χ4v) is 2.62. The predicted octanol–water partition coefficient (Wildman–Crippen LogP) is 4.39. The first kappa shape index (κ1) is 18.0. The van der Waals surface area contributed by atoms with Gasteiger partial charge in [-0.15, -0.1) is 0 Å². The molecule has 0 spiro atoms. The van der Waals surface area contributed by atoms with Crippen LogP contribution in [0.25, 0.3) is 11.1 Å². The molecule has 0 radical (unpaired) electrons. The van der Waals surface area contributed by atoms with E-state index >= 15 is 0 Å². The van der Waals surface area contributed by atoms with Crippen LogP contribution < -0.4 is 9.47 Å². The number of benzene rings is 1. The van der Waals surface area contributed by atoms with Crippen LogP contribution in [-0.4, -0.2) is 28.7 Å². The van der Waals surface area contributed by atoms with Gasteiger partial charge in [0.15, 0.2) is 0 Å². The van der Waals surface area contributed by atoms with E-state index in [1.54, 1.807) is 19.4 Å². The van der Waals surface area contributed by atoms with Crippen molar-refractivity contribution in [2.75, 3.05) is 7.11 Å². The van der Waals surface area contributed by atoms with E-state index in [9.17, 15) is 8.78 Å². The largest absolute Gasteiger partial charge is 0.481 e. The summed E-state index contributed by atoms with van der Waals surface area (Å²) in [7, 11) is 1.55. The predicted molar refractivity (Wildman–Crippen MR) is 92.7 cm³/mol. The maximum atomic E-state index is 12.1. The average Bonchev–Trinajstić information content (AvgIpc) is 2.63. The normalized spacial score (nSPS) is 10.8. The number of pyridine rings is 1. The second kappa shape index (κ2) is 8.05. The summed E-state index contributed by atoms with van der Waals surface area (Å²) in [6.07, 6.45) is 5.03. The highest BCUT2D eigenvalue weighted by atomic mass is 35.5. The van der Waals surface area contributed by atoms with Crippen molar-refractivity contribution in [1.29, 1.82) is 0 Å². The van der Waals surface area contributed by atoms with Crippen LogP contribution in [0.15, 0.2) is 48.9 Å². The van der Waals surface area contributed by atoms with Crippen molar-refractivity contribution < 1.29 is 18.3 Å². The zero-order valence-corrected chi connectivity index (χ0v) is 14.5. The van der Waals surface area contributed by atoms with Gasteiger partial charge in [0.05, 0.1) is 7.11 Å². The molecule has 0 amide bonds. The van der Waals surface area contributed by atoms with Gasteiger partial charge in [0.2, 0.25) is 5.88 Å². The molecule has 0 aliphatic carbocycles. The van der Waals surface area contributed by atoms with Crippen LogP contribution in [0.2, 0.25) is 5.02 Å². The van der Waals surface area contributed by atoms with Crippen molar-refractivity contribution in [3.05, 3.63) is 65.1 Å². The van der Waals surface area contributed by atoms with Crippen molar-refractivity contribution >= 4 is 11.6 Å². The molecule has 2 heterocycles. The summed E-state index contributed by atoms with van der Waals surface area (Å²) < 4.78 is 33.8. The number of alkyl halides is 2. The molecule has 0 atom stereocenters. The first-order valence-corrected chi connectivity index (χ1v) is 7.97. The van der Waals surface area contributed by atoms with Crippen molar-refractivity contribution in [2.45, 2.75) is 13.0 Å². The topological polar surface area (TPSA) is 57.1 Å². The van der Waals surface area contributed by atoms with Gasteiger partial charge in [0.25, 0.3) is 0 Å². The summed E-state index contributed by atoms with van der Waals surface area (Å²) >= 11 is 6.07. The van der Waals surface area contributed by atoms with E-state index in [0.29, 0.717) is 17.3 Å². The number of ether oxygens (including phenoxy) is 2. The van der Waals surface area contributed by atoms with Gasteiger partial charge >= 0.3 is 12.6 Å². The summed E-state index contributed by atoms with van der Waals surface area (Å²) in [4.78, 5) is 11.9. The second-order valence-corrected chi connectivity index (χ2v) is 5.78. The summed E-state index contributed by atoms with van der Waals surface area (Å²) in [5.41, 5.74) is 3.29. The Kier molecular flexibility index (Phi) is 5.58. The highest BCUT2D eigenvalue weighted by Crippen LogP contribution is 2.31. The Labute approximate surface area is 153 Å².